The summed E-state index contributed by atoms with van der Waals surface area (Å²) in [6.45, 7) is 8.73. The van der Waals surface area contributed by atoms with Crippen molar-refractivity contribution < 1.29 is 19.4 Å². The molecule has 10 atom stereocenters. The number of ketones is 2. The highest BCUT2D eigenvalue weighted by Crippen LogP contribution is 2.66. The molecule has 4 saturated carbocycles. The summed E-state index contributed by atoms with van der Waals surface area (Å²) in [5.41, 5.74) is 1.06. The lowest BCUT2D eigenvalue weighted by Crippen LogP contribution is -2.63. The maximum atomic E-state index is 14.0. The first-order valence-electron chi connectivity index (χ1n) is 14.8. The Morgan fingerprint density at radius 2 is 1.89 bits per heavy atom. The zero-order chi connectivity index (χ0) is 25.9. The molecule has 1 N–H and O–H groups in total. The highest BCUT2D eigenvalue weighted by Gasteiger charge is 2.64. The smallest absolute Gasteiger partial charge is 0.137 e. The van der Waals surface area contributed by atoms with Crippen molar-refractivity contribution in [1.29, 1.82) is 0 Å². The van der Waals surface area contributed by atoms with Crippen LogP contribution in [-0.4, -0.2) is 59.5 Å². The Morgan fingerprint density at radius 3 is 2.65 bits per heavy atom. The summed E-state index contributed by atoms with van der Waals surface area (Å²) in [4.78, 5) is 29.0. The van der Waals surface area contributed by atoms with Crippen molar-refractivity contribution in [3.63, 3.8) is 0 Å². The van der Waals surface area contributed by atoms with Crippen molar-refractivity contribution in [3.05, 3.63) is 35.9 Å². The van der Waals surface area contributed by atoms with E-state index in [1.807, 2.05) is 6.07 Å². The number of carbonyl (C=O) groups excluding carboxylic acids is 2. The number of Topliss-reactive ketones (excluding diaryl/α,β-unsaturated/α-hetero) is 2. The second kappa shape index (κ2) is 9.57. The third kappa shape index (κ3) is 4.24. The summed E-state index contributed by atoms with van der Waals surface area (Å²) < 4.78 is 6.16. The van der Waals surface area contributed by atoms with Gasteiger partial charge in [-0.1, -0.05) is 44.2 Å². The van der Waals surface area contributed by atoms with E-state index in [9.17, 15) is 14.7 Å². The average molecular weight is 508 g/mol. The lowest BCUT2D eigenvalue weighted by atomic mass is 9.43. The van der Waals surface area contributed by atoms with Crippen LogP contribution in [0, 0.1) is 40.4 Å². The number of rotatable bonds is 4. The van der Waals surface area contributed by atoms with Gasteiger partial charge < -0.3 is 9.84 Å². The molecule has 0 radical (unpaired) electrons. The number of carbonyl (C=O) groups is 2. The van der Waals surface area contributed by atoms with Crippen LogP contribution in [0.3, 0.4) is 0 Å². The van der Waals surface area contributed by atoms with Gasteiger partial charge in [-0.25, -0.2) is 0 Å². The molecule has 1 saturated heterocycles. The summed E-state index contributed by atoms with van der Waals surface area (Å²) in [5, 5.41) is 11.4. The Labute approximate surface area is 222 Å². The number of aliphatic hydroxyl groups excluding tert-OH is 1. The molecule has 6 rings (SSSR count). The first-order valence-corrected chi connectivity index (χ1v) is 14.8. The van der Waals surface area contributed by atoms with E-state index in [4.69, 9.17) is 4.74 Å². The maximum Gasteiger partial charge on any atom is 0.137 e. The number of nitrogens with zero attached hydrogens (tertiary/aromatic N) is 1. The fraction of sp³-hybridized carbons (Fsp3) is 0.750. The Balaban J connectivity index is 1.22. The van der Waals surface area contributed by atoms with Gasteiger partial charge in [0.2, 0.25) is 0 Å². The summed E-state index contributed by atoms with van der Waals surface area (Å²) in [6.07, 6.45) is 7.16. The van der Waals surface area contributed by atoms with Gasteiger partial charge in [0.1, 0.15) is 11.6 Å². The Morgan fingerprint density at radius 1 is 1.11 bits per heavy atom. The number of fused-ring (bicyclic) bond motifs is 5. The molecule has 37 heavy (non-hydrogen) atoms. The molecule has 202 valence electrons. The van der Waals surface area contributed by atoms with Crippen LogP contribution >= 0.6 is 0 Å². The van der Waals surface area contributed by atoms with Crippen LogP contribution in [0.25, 0.3) is 0 Å². The third-order valence-corrected chi connectivity index (χ3v) is 11.8. The van der Waals surface area contributed by atoms with Gasteiger partial charge >= 0.3 is 0 Å². The van der Waals surface area contributed by atoms with Gasteiger partial charge in [-0.05, 0) is 86.0 Å². The second-order valence-corrected chi connectivity index (χ2v) is 13.7. The molecule has 0 aromatic heterocycles. The molecule has 0 bridgehead atoms. The van der Waals surface area contributed by atoms with Gasteiger partial charge in [0, 0.05) is 37.4 Å². The van der Waals surface area contributed by atoms with Gasteiger partial charge in [0.15, 0.2) is 0 Å². The van der Waals surface area contributed by atoms with Crippen LogP contribution in [-0.2, 0) is 20.7 Å². The number of aliphatic hydroxyl groups is 1. The topological polar surface area (TPSA) is 66.8 Å². The van der Waals surface area contributed by atoms with E-state index in [1.54, 1.807) is 6.92 Å². The molecule has 4 unspecified atom stereocenters. The first-order chi connectivity index (χ1) is 17.7. The first kappa shape index (κ1) is 25.7. The minimum absolute atomic E-state index is 0.0451. The highest BCUT2D eigenvalue weighted by atomic mass is 16.5. The molecule has 4 aliphatic carbocycles. The largest absolute Gasteiger partial charge is 0.391 e. The zero-order valence-electron chi connectivity index (χ0n) is 22.9. The number of ether oxygens (including phenoxy) is 1. The molecule has 1 aromatic carbocycles. The number of benzene rings is 1. The fourth-order valence-electron chi connectivity index (χ4n) is 10.2. The van der Waals surface area contributed by atoms with Gasteiger partial charge in [0.05, 0.1) is 18.8 Å². The van der Waals surface area contributed by atoms with E-state index in [0.717, 1.165) is 58.0 Å². The van der Waals surface area contributed by atoms with Crippen LogP contribution in [0.2, 0.25) is 0 Å². The van der Waals surface area contributed by atoms with Crippen LogP contribution in [0.15, 0.2) is 30.3 Å². The number of morpholine rings is 1. The van der Waals surface area contributed by atoms with Gasteiger partial charge in [-0.2, -0.15) is 0 Å². The standard InChI is InChI=1S/C32H45NO4/c1-20(34)25-11-12-26-24-10-9-22-16-28(35)27(17-31(22,2)30(24)29(36)18-32(25,26)3)33-13-14-37-23(19-33)15-21-7-5-4-6-8-21/h4-8,22-28,30,35H,9-19H2,1-3H3/t22?,23?,24-,25+,26-,27?,28?,30+,31-,32+/m0/s1. The molecule has 5 nitrogen and oxygen atoms in total. The third-order valence-electron chi connectivity index (χ3n) is 11.8. The van der Waals surface area contributed by atoms with Gasteiger partial charge in [0.25, 0.3) is 0 Å². The summed E-state index contributed by atoms with van der Waals surface area (Å²) in [7, 11) is 0. The molecule has 1 heterocycles. The summed E-state index contributed by atoms with van der Waals surface area (Å²) in [6, 6.07) is 10.6. The number of hydrogen-bond donors (Lipinski definition) is 1. The normalized spacial score (nSPS) is 46.1. The summed E-state index contributed by atoms with van der Waals surface area (Å²) >= 11 is 0. The molecular weight excluding hydrogens is 462 g/mol. The van der Waals surface area contributed by atoms with E-state index >= 15 is 0 Å². The molecule has 5 fully saturated rings. The molecule has 0 amide bonds. The molecule has 0 spiro atoms. The molecule has 1 aliphatic heterocycles. The Hall–Kier alpha value is -1.56. The summed E-state index contributed by atoms with van der Waals surface area (Å²) in [5.74, 6) is 2.07. The van der Waals surface area contributed by atoms with Crippen LogP contribution in [0.4, 0.5) is 0 Å². The SMILES string of the molecule is CC(=O)[C@H]1CC[C@H]2[C@@H]3CCC4CC(O)C(N5CCOC(Cc6ccccc6)C5)C[C@]4(C)[C@H]3C(=O)C[C@]12C. The second-order valence-electron chi connectivity index (χ2n) is 13.7. The van der Waals surface area contributed by atoms with E-state index in [2.05, 4.69) is 43.0 Å². The van der Waals surface area contributed by atoms with E-state index in [1.165, 1.54) is 5.56 Å². The van der Waals surface area contributed by atoms with Crippen molar-refractivity contribution in [2.45, 2.75) is 90.4 Å². The Kier molecular flexibility index (Phi) is 6.65. The maximum absolute atomic E-state index is 14.0. The monoisotopic (exact) mass is 507 g/mol. The molecule has 5 heteroatoms. The van der Waals surface area contributed by atoms with Crippen molar-refractivity contribution in [2.24, 2.45) is 40.4 Å². The average Bonchev–Trinajstić information content (AvgIpc) is 3.21. The lowest BCUT2D eigenvalue weighted by Gasteiger charge is -2.61. The van der Waals surface area contributed by atoms with Gasteiger partial charge in [-0.15, -0.1) is 0 Å². The highest BCUT2D eigenvalue weighted by molar-refractivity contribution is 5.87. The van der Waals surface area contributed by atoms with Crippen molar-refractivity contribution in [1.82, 2.24) is 4.90 Å². The quantitative estimate of drug-likeness (QED) is 0.640. The molecular formula is C32H45NO4. The minimum atomic E-state index is -0.345. The molecule has 5 aliphatic rings. The van der Waals surface area contributed by atoms with Gasteiger partial charge in [-0.3, -0.25) is 14.5 Å². The van der Waals surface area contributed by atoms with Crippen molar-refractivity contribution in [3.8, 4) is 0 Å². The zero-order valence-corrected chi connectivity index (χ0v) is 22.9. The van der Waals surface area contributed by atoms with Crippen LogP contribution < -0.4 is 0 Å². The van der Waals surface area contributed by atoms with Crippen molar-refractivity contribution >= 4 is 11.6 Å². The minimum Gasteiger partial charge on any atom is -0.391 e. The van der Waals surface area contributed by atoms with E-state index < -0.39 is 0 Å². The van der Waals surface area contributed by atoms with Crippen LogP contribution in [0.5, 0.6) is 0 Å². The predicted octanol–water partition coefficient (Wildman–Crippen LogP) is 4.70. The van der Waals surface area contributed by atoms with Crippen LogP contribution in [0.1, 0.15) is 71.3 Å². The Bertz CT molecular complexity index is 1030. The van der Waals surface area contributed by atoms with E-state index in [0.29, 0.717) is 36.6 Å². The van der Waals surface area contributed by atoms with Crippen molar-refractivity contribution in [2.75, 3.05) is 19.7 Å². The predicted molar refractivity (Wildman–Crippen MR) is 143 cm³/mol. The lowest BCUT2D eigenvalue weighted by molar-refractivity contribution is -0.173. The number of hydrogen-bond acceptors (Lipinski definition) is 5. The fourth-order valence-corrected chi connectivity index (χ4v) is 10.2. The molecule has 1 aromatic rings. The van der Waals surface area contributed by atoms with E-state index in [-0.39, 0.29) is 46.7 Å².